The van der Waals surface area contributed by atoms with Crippen LogP contribution < -0.4 is 5.32 Å². The molecule has 0 aliphatic rings. The molecule has 9 heteroatoms. The maximum absolute atomic E-state index is 11.9. The summed E-state index contributed by atoms with van der Waals surface area (Å²) in [4.78, 5) is 27.7. The van der Waals surface area contributed by atoms with E-state index in [1.54, 1.807) is 5.51 Å². The molecule has 0 aliphatic carbocycles. The molecule has 2 atom stereocenters. The average Bonchev–Trinajstić information content (AvgIpc) is 3.47. The van der Waals surface area contributed by atoms with Gasteiger partial charge >= 0.3 is 12.2 Å². The second kappa shape index (κ2) is 26.1. The molecule has 0 bridgehead atoms. The third kappa shape index (κ3) is 21.0. The molecule has 2 unspecified atom stereocenters. The summed E-state index contributed by atoms with van der Waals surface area (Å²) in [6.45, 7) is 5.41. The van der Waals surface area contributed by atoms with Crippen LogP contribution in [0.3, 0.4) is 0 Å². The molecule has 1 aromatic heterocycles. The smallest absolute Gasteiger partial charge is 0.449 e. The molecule has 0 saturated heterocycles. The zero-order valence-electron chi connectivity index (χ0n) is 25.5. The molecule has 232 valence electrons. The zero-order chi connectivity index (χ0) is 29.1. The number of methoxy groups -OCH3 is 1. The van der Waals surface area contributed by atoms with Crippen LogP contribution in [0.2, 0.25) is 0 Å². The van der Waals surface area contributed by atoms with Crippen LogP contribution in [-0.4, -0.2) is 56.3 Å². The van der Waals surface area contributed by atoms with Gasteiger partial charge in [-0.05, 0) is 13.3 Å². The quantitative estimate of drug-likeness (QED) is 0.0860. The maximum Gasteiger partial charge on any atom is 0.508 e. The summed E-state index contributed by atoms with van der Waals surface area (Å²) in [6.07, 6.45) is 20.3. The first-order valence-corrected chi connectivity index (χ1v) is 16.6. The van der Waals surface area contributed by atoms with E-state index in [4.69, 9.17) is 14.2 Å². The van der Waals surface area contributed by atoms with Crippen LogP contribution in [0.1, 0.15) is 129 Å². The Morgan fingerprint density at radius 3 is 1.95 bits per heavy atom. The van der Waals surface area contributed by atoms with E-state index >= 15 is 0 Å². The molecule has 40 heavy (non-hydrogen) atoms. The Bertz CT molecular complexity index is 719. The van der Waals surface area contributed by atoms with Crippen molar-refractivity contribution in [3.8, 4) is 0 Å². The monoisotopic (exact) mass is 584 g/mol. The minimum atomic E-state index is -0.750. The molecule has 0 fully saturated rings. The van der Waals surface area contributed by atoms with Crippen LogP contribution in [-0.2, 0) is 25.4 Å². The number of hydrogen-bond acceptors (Lipinski definition) is 8. The van der Waals surface area contributed by atoms with Crippen LogP contribution in [0.5, 0.6) is 0 Å². The number of aromatic nitrogens is 1. The maximum atomic E-state index is 11.9. The van der Waals surface area contributed by atoms with Crippen LogP contribution in [0, 0.1) is 0 Å². The van der Waals surface area contributed by atoms with Gasteiger partial charge in [-0.3, -0.25) is 0 Å². The lowest BCUT2D eigenvalue weighted by Gasteiger charge is -2.23. The van der Waals surface area contributed by atoms with Gasteiger partial charge in [-0.1, -0.05) is 103 Å². The van der Waals surface area contributed by atoms with Gasteiger partial charge < -0.3 is 24.3 Å². The van der Waals surface area contributed by atoms with Gasteiger partial charge in [-0.2, -0.15) is 0 Å². The Hall–Kier alpha value is -1.87. The molecule has 1 N–H and O–H groups in total. The lowest BCUT2D eigenvalue weighted by atomic mass is 10.0. The average molecular weight is 585 g/mol. The van der Waals surface area contributed by atoms with Crippen molar-refractivity contribution in [1.29, 1.82) is 0 Å². The number of amides is 1. The van der Waals surface area contributed by atoms with E-state index in [2.05, 4.69) is 22.0 Å². The fourth-order valence-electron chi connectivity index (χ4n) is 4.53. The van der Waals surface area contributed by atoms with E-state index in [0.717, 1.165) is 18.5 Å². The van der Waals surface area contributed by atoms with Crippen molar-refractivity contribution < 1.29 is 28.5 Å². The molecular formula is C31H56N2O6S. The van der Waals surface area contributed by atoms with Crippen molar-refractivity contribution in [3.63, 3.8) is 0 Å². The van der Waals surface area contributed by atoms with Crippen LogP contribution in [0.15, 0.2) is 10.9 Å². The molecule has 0 saturated carbocycles. The topological polar surface area (TPSA) is 96.0 Å². The first kappa shape index (κ1) is 36.2. The van der Waals surface area contributed by atoms with Gasteiger partial charge in [0.05, 0.1) is 37.6 Å². The summed E-state index contributed by atoms with van der Waals surface area (Å²) >= 11 is 1.48. The number of ether oxygens (including phenoxy) is 4. The van der Waals surface area contributed by atoms with Crippen molar-refractivity contribution in [2.24, 2.45) is 0 Å². The van der Waals surface area contributed by atoms with Crippen molar-refractivity contribution in [1.82, 2.24) is 10.3 Å². The van der Waals surface area contributed by atoms with Gasteiger partial charge in [0, 0.05) is 24.8 Å². The number of carbonyl (C=O) groups excluding carboxylic acids is 2. The lowest BCUT2D eigenvalue weighted by molar-refractivity contribution is -0.0542. The number of rotatable bonds is 26. The summed E-state index contributed by atoms with van der Waals surface area (Å²) in [7, 11) is 1.27. The number of carbonyl (C=O) groups is 2. The second-order valence-electron chi connectivity index (χ2n) is 10.6. The van der Waals surface area contributed by atoms with Gasteiger partial charge in [-0.25, -0.2) is 14.6 Å². The van der Waals surface area contributed by atoms with Gasteiger partial charge in [-0.15, -0.1) is 11.3 Å². The van der Waals surface area contributed by atoms with E-state index in [1.165, 1.54) is 108 Å². The summed E-state index contributed by atoms with van der Waals surface area (Å²) < 4.78 is 21.0. The van der Waals surface area contributed by atoms with Crippen LogP contribution in [0.25, 0.3) is 0 Å². The Kier molecular flexibility index (Phi) is 23.6. The van der Waals surface area contributed by atoms with E-state index in [1.807, 2.05) is 12.3 Å². The highest BCUT2D eigenvalue weighted by atomic mass is 32.1. The first-order valence-electron chi connectivity index (χ1n) is 15.7. The minimum absolute atomic E-state index is 0.270. The molecular weight excluding hydrogens is 528 g/mol. The molecule has 0 radical (unpaired) electrons. The SMILES string of the molecule is CCCCCCCCCCCCCCCCCCNC(=O)OCCCOC(C)C(Cc1cscn1)OC(=O)OC. The minimum Gasteiger partial charge on any atom is -0.449 e. The summed E-state index contributed by atoms with van der Waals surface area (Å²) in [5, 5.41) is 4.73. The second-order valence-corrected chi connectivity index (χ2v) is 11.3. The normalized spacial score (nSPS) is 12.6. The number of alkyl carbamates (subject to hydrolysis) is 1. The lowest BCUT2D eigenvalue weighted by Crippen LogP contribution is -2.34. The Labute approximate surface area is 247 Å². The van der Waals surface area contributed by atoms with Crippen molar-refractivity contribution in [3.05, 3.63) is 16.6 Å². The van der Waals surface area contributed by atoms with Crippen molar-refractivity contribution in [2.75, 3.05) is 26.9 Å². The summed E-state index contributed by atoms with van der Waals surface area (Å²) in [5.41, 5.74) is 2.57. The van der Waals surface area contributed by atoms with Crippen molar-refractivity contribution >= 4 is 23.6 Å². The highest BCUT2D eigenvalue weighted by Crippen LogP contribution is 2.15. The Balaban J connectivity index is 1.91. The predicted molar refractivity (Wildman–Crippen MR) is 162 cm³/mol. The molecule has 8 nitrogen and oxygen atoms in total. The van der Waals surface area contributed by atoms with Crippen LogP contribution >= 0.6 is 11.3 Å². The largest absolute Gasteiger partial charge is 0.508 e. The first-order chi connectivity index (χ1) is 19.6. The third-order valence-corrected chi connectivity index (χ3v) is 7.67. The number of unbranched alkanes of at least 4 members (excludes halogenated alkanes) is 15. The Morgan fingerprint density at radius 2 is 1.43 bits per heavy atom. The fraction of sp³-hybridized carbons (Fsp3) is 0.839. The summed E-state index contributed by atoms with van der Waals surface area (Å²) in [6, 6.07) is 0. The van der Waals surface area contributed by atoms with Gasteiger partial charge in [0.2, 0.25) is 0 Å². The standard InChI is InChI=1S/C31H56N2O6S/c1-4-5-6-7-8-9-10-11-12-13-14-15-16-17-18-19-21-32-30(34)38-23-20-22-37-27(2)29(39-31(35)36-3)24-28-25-40-26-33-28/h25-27,29H,4-24H2,1-3H3,(H,32,34). The molecule has 1 rings (SSSR count). The number of nitrogens with one attached hydrogen (secondary N) is 1. The number of hydrogen-bond donors (Lipinski definition) is 1. The van der Waals surface area contributed by atoms with Crippen LogP contribution in [0.4, 0.5) is 9.59 Å². The summed E-state index contributed by atoms with van der Waals surface area (Å²) in [5.74, 6) is 0. The van der Waals surface area contributed by atoms with Gasteiger partial charge in [0.1, 0.15) is 6.10 Å². The van der Waals surface area contributed by atoms with Gasteiger partial charge in [0.15, 0.2) is 0 Å². The van der Waals surface area contributed by atoms with Crippen molar-refractivity contribution in [2.45, 2.75) is 142 Å². The highest BCUT2D eigenvalue weighted by Gasteiger charge is 2.24. The third-order valence-electron chi connectivity index (χ3n) is 7.03. The zero-order valence-corrected chi connectivity index (χ0v) is 26.3. The molecule has 1 aromatic rings. The molecule has 1 amide bonds. The van der Waals surface area contributed by atoms with E-state index < -0.39 is 12.3 Å². The van der Waals surface area contributed by atoms with E-state index in [0.29, 0.717) is 26.0 Å². The Morgan fingerprint density at radius 1 is 0.850 bits per heavy atom. The number of thiazole rings is 1. The molecule has 0 spiro atoms. The fourth-order valence-corrected chi connectivity index (χ4v) is 5.11. The molecule has 0 aromatic carbocycles. The van der Waals surface area contributed by atoms with E-state index in [-0.39, 0.29) is 18.8 Å². The molecule has 0 aliphatic heterocycles. The number of nitrogens with zero attached hydrogens (tertiary/aromatic N) is 1. The van der Waals surface area contributed by atoms with Gasteiger partial charge in [0.25, 0.3) is 0 Å². The highest BCUT2D eigenvalue weighted by molar-refractivity contribution is 7.07. The predicted octanol–water partition coefficient (Wildman–Crippen LogP) is 8.62. The van der Waals surface area contributed by atoms with E-state index in [9.17, 15) is 9.59 Å². The molecule has 1 heterocycles.